The van der Waals surface area contributed by atoms with Crippen LogP contribution in [-0.4, -0.2) is 82.4 Å². The van der Waals surface area contributed by atoms with E-state index in [2.05, 4.69) is 20.9 Å². The molecule has 0 saturated carbocycles. The molecule has 4 unspecified atom stereocenters. The Balaban J connectivity index is 2.11. The van der Waals surface area contributed by atoms with Gasteiger partial charge >= 0.3 is 5.97 Å². The average Bonchev–Trinajstić information content (AvgIpc) is 3.34. The summed E-state index contributed by atoms with van der Waals surface area (Å²) in [5.74, 6) is -3.32. The number of rotatable bonds is 19. The first-order valence-electron chi connectivity index (χ1n) is 13.5. The molecule has 2 rings (SSSR count). The lowest BCUT2D eigenvalue weighted by Crippen LogP contribution is -2.57. The fraction of sp³-hybridized carbons (Fsp3) is 0.519. The number of carboxylic acids is 1. The van der Waals surface area contributed by atoms with Crippen LogP contribution in [0.5, 0.6) is 0 Å². The van der Waals surface area contributed by atoms with Crippen LogP contribution in [0, 0.1) is 0 Å². The molecule has 226 valence electrons. The van der Waals surface area contributed by atoms with E-state index in [-0.39, 0.29) is 32.1 Å². The number of H-pyrrole nitrogens is 1. The first-order valence-corrected chi connectivity index (χ1v) is 14.9. The second-order valence-corrected chi connectivity index (χ2v) is 10.7. The topological polar surface area (TPSA) is 236 Å². The minimum Gasteiger partial charge on any atom is -0.480 e. The van der Waals surface area contributed by atoms with Gasteiger partial charge in [0.05, 0.1) is 6.04 Å². The average molecular weight is 592 g/mol. The summed E-state index contributed by atoms with van der Waals surface area (Å²) in [5, 5.41) is 18.2. The number of aromatic nitrogens is 1. The molecule has 11 N–H and O–H groups in total. The number of para-hydroxylation sites is 1. The number of amides is 4. The number of primary amides is 1. The van der Waals surface area contributed by atoms with Gasteiger partial charge in [-0.05, 0) is 68.7 Å². The molecule has 4 atom stereocenters. The molecule has 0 aliphatic carbocycles. The number of fused-ring (bicyclic) bond motifs is 1. The molecule has 41 heavy (non-hydrogen) atoms. The van der Waals surface area contributed by atoms with Crippen molar-refractivity contribution in [3.05, 3.63) is 36.0 Å². The molecule has 2 aromatic rings. The smallest absolute Gasteiger partial charge is 0.326 e. The van der Waals surface area contributed by atoms with Crippen molar-refractivity contribution < 1.29 is 29.1 Å². The minimum atomic E-state index is -1.36. The van der Waals surface area contributed by atoms with Gasteiger partial charge in [-0.1, -0.05) is 18.2 Å². The van der Waals surface area contributed by atoms with Crippen LogP contribution >= 0.6 is 11.8 Å². The van der Waals surface area contributed by atoms with Crippen molar-refractivity contribution >= 4 is 52.3 Å². The van der Waals surface area contributed by atoms with Gasteiger partial charge in [0.2, 0.25) is 23.6 Å². The maximum absolute atomic E-state index is 13.3. The third kappa shape index (κ3) is 11.1. The summed E-state index contributed by atoms with van der Waals surface area (Å²) in [5.41, 5.74) is 18.7. The number of unbranched alkanes of at least 4 members (excludes halogenated alkanes) is 1. The molecule has 0 saturated heterocycles. The molecular weight excluding hydrogens is 550 g/mol. The molecule has 1 heterocycles. The maximum Gasteiger partial charge on any atom is 0.326 e. The Morgan fingerprint density at radius 3 is 2.20 bits per heavy atom. The van der Waals surface area contributed by atoms with Crippen LogP contribution < -0.4 is 33.2 Å². The summed E-state index contributed by atoms with van der Waals surface area (Å²) < 4.78 is 0. The zero-order chi connectivity index (χ0) is 30.4. The van der Waals surface area contributed by atoms with Crippen LogP contribution in [0.4, 0.5) is 0 Å². The number of aromatic amines is 1. The molecule has 4 amide bonds. The number of hydrogen-bond donors (Lipinski definition) is 8. The quantitative estimate of drug-likeness (QED) is 0.100. The van der Waals surface area contributed by atoms with Gasteiger partial charge in [0.1, 0.15) is 18.1 Å². The first kappa shape index (κ1) is 33.6. The molecular formula is C27H41N7O6S. The van der Waals surface area contributed by atoms with E-state index < -0.39 is 53.8 Å². The SMILES string of the molecule is CSCCC(NC(=O)C(N)Cc1c[nH]c2ccccc12)C(=O)NC(CCCCN)C(=O)NC(CCC(N)=O)C(=O)O. The Morgan fingerprint density at radius 2 is 1.56 bits per heavy atom. The van der Waals surface area contributed by atoms with Crippen LogP contribution in [0.15, 0.2) is 30.5 Å². The number of hydrogen-bond acceptors (Lipinski definition) is 8. The monoisotopic (exact) mass is 591 g/mol. The summed E-state index contributed by atoms with van der Waals surface area (Å²) in [4.78, 5) is 65.3. The van der Waals surface area contributed by atoms with Gasteiger partial charge < -0.3 is 43.2 Å². The number of nitrogens with one attached hydrogen (secondary N) is 4. The van der Waals surface area contributed by atoms with Gasteiger partial charge in [-0.2, -0.15) is 11.8 Å². The summed E-state index contributed by atoms with van der Waals surface area (Å²) in [7, 11) is 0. The molecule has 0 aliphatic rings. The summed E-state index contributed by atoms with van der Waals surface area (Å²) in [6.07, 6.45) is 5.04. The van der Waals surface area contributed by atoms with E-state index in [0.717, 1.165) is 16.5 Å². The number of carbonyl (C=O) groups is 5. The normalized spacial score (nSPS) is 14.0. The van der Waals surface area contributed by atoms with E-state index in [4.69, 9.17) is 17.2 Å². The van der Waals surface area contributed by atoms with E-state index in [9.17, 15) is 29.1 Å². The highest BCUT2D eigenvalue weighted by molar-refractivity contribution is 7.98. The second-order valence-electron chi connectivity index (χ2n) is 9.76. The maximum atomic E-state index is 13.3. The number of carboxylic acid groups (broad SMARTS) is 1. The molecule has 13 nitrogen and oxygen atoms in total. The van der Waals surface area contributed by atoms with Crippen molar-refractivity contribution in [2.75, 3.05) is 18.6 Å². The number of benzene rings is 1. The summed E-state index contributed by atoms with van der Waals surface area (Å²) in [6, 6.07) is 3.30. The van der Waals surface area contributed by atoms with E-state index in [0.29, 0.717) is 25.1 Å². The predicted molar refractivity (Wildman–Crippen MR) is 158 cm³/mol. The number of nitrogens with two attached hydrogens (primary N) is 3. The van der Waals surface area contributed by atoms with Gasteiger partial charge in [0.15, 0.2) is 0 Å². The van der Waals surface area contributed by atoms with Gasteiger partial charge in [-0.3, -0.25) is 19.2 Å². The highest BCUT2D eigenvalue weighted by Gasteiger charge is 2.30. The lowest BCUT2D eigenvalue weighted by atomic mass is 10.0. The lowest BCUT2D eigenvalue weighted by molar-refractivity contribution is -0.142. The Morgan fingerprint density at radius 1 is 0.927 bits per heavy atom. The van der Waals surface area contributed by atoms with E-state index >= 15 is 0 Å². The van der Waals surface area contributed by atoms with E-state index in [1.807, 2.05) is 30.5 Å². The molecule has 14 heteroatoms. The predicted octanol–water partition coefficient (Wildman–Crippen LogP) is -0.276. The Bertz CT molecular complexity index is 1190. The number of carbonyl (C=O) groups excluding carboxylic acids is 4. The van der Waals surface area contributed by atoms with Crippen molar-refractivity contribution in [2.24, 2.45) is 17.2 Å². The highest BCUT2D eigenvalue weighted by Crippen LogP contribution is 2.19. The van der Waals surface area contributed by atoms with E-state index in [1.165, 1.54) is 11.8 Å². The molecule has 0 radical (unpaired) electrons. The van der Waals surface area contributed by atoms with Crippen molar-refractivity contribution in [1.82, 2.24) is 20.9 Å². The van der Waals surface area contributed by atoms with Crippen LogP contribution in [0.25, 0.3) is 10.9 Å². The van der Waals surface area contributed by atoms with Crippen molar-refractivity contribution in [3.63, 3.8) is 0 Å². The Kier molecular flexibility index (Phi) is 14.1. The second kappa shape index (κ2) is 17.3. The fourth-order valence-corrected chi connectivity index (χ4v) is 4.74. The molecule has 0 aliphatic heterocycles. The van der Waals surface area contributed by atoms with E-state index in [1.54, 1.807) is 6.20 Å². The fourth-order valence-electron chi connectivity index (χ4n) is 4.26. The zero-order valence-corrected chi connectivity index (χ0v) is 24.0. The van der Waals surface area contributed by atoms with Crippen LogP contribution in [-0.2, 0) is 30.4 Å². The minimum absolute atomic E-state index is 0.194. The largest absolute Gasteiger partial charge is 0.480 e. The summed E-state index contributed by atoms with van der Waals surface area (Å²) in [6.45, 7) is 0.374. The lowest BCUT2D eigenvalue weighted by Gasteiger charge is -2.25. The Hall–Kier alpha value is -3.62. The van der Waals surface area contributed by atoms with Gasteiger partial charge in [0, 0.05) is 23.5 Å². The third-order valence-electron chi connectivity index (χ3n) is 6.57. The number of thioether (sulfide) groups is 1. The van der Waals surface area contributed by atoms with Crippen molar-refractivity contribution in [1.29, 1.82) is 0 Å². The van der Waals surface area contributed by atoms with Gasteiger partial charge in [-0.15, -0.1) is 0 Å². The van der Waals surface area contributed by atoms with Crippen LogP contribution in [0.3, 0.4) is 0 Å². The van der Waals surface area contributed by atoms with Crippen LogP contribution in [0.2, 0.25) is 0 Å². The zero-order valence-electron chi connectivity index (χ0n) is 23.2. The summed E-state index contributed by atoms with van der Waals surface area (Å²) >= 11 is 1.49. The van der Waals surface area contributed by atoms with Gasteiger partial charge in [-0.25, -0.2) is 4.79 Å². The van der Waals surface area contributed by atoms with Crippen molar-refractivity contribution in [3.8, 4) is 0 Å². The molecule has 1 aromatic heterocycles. The van der Waals surface area contributed by atoms with Crippen LogP contribution in [0.1, 0.15) is 44.1 Å². The standard InChI is InChI=1S/C27H41N7O6S/c1-41-13-11-21(32-24(36)18(29)14-16-15-31-19-7-3-2-6-17(16)19)26(38)33-20(8-4-5-12-28)25(37)34-22(27(39)40)9-10-23(30)35/h2-3,6-7,15,18,20-22,31H,4-5,8-14,28-29H2,1H3,(H2,30,35)(H,32,36)(H,33,38)(H,34,37)(H,39,40). The first-order chi connectivity index (χ1) is 19.6. The highest BCUT2D eigenvalue weighted by atomic mass is 32.2. The molecule has 0 fully saturated rings. The van der Waals surface area contributed by atoms with Gasteiger partial charge in [0.25, 0.3) is 0 Å². The number of aliphatic carboxylic acids is 1. The molecule has 1 aromatic carbocycles. The molecule has 0 bridgehead atoms. The molecule has 0 spiro atoms. The van der Waals surface area contributed by atoms with Crippen molar-refractivity contribution in [2.45, 2.75) is 69.1 Å². The third-order valence-corrected chi connectivity index (χ3v) is 7.21. The Labute approximate surface area is 243 Å².